The van der Waals surface area contributed by atoms with Crippen LogP contribution in [0.2, 0.25) is 0 Å². The molecule has 1 nitrogen and oxygen atoms in total. The second-order valence-electron chi connectivity index (χ2n) is 6.50. The molecular weight excluding hydrogens is 261 g/mol. The third kappa shape index (κ3) is 3.01. The lowest BCUT2D eigenvalue weighted by Crippen LogP contribution is -2.33. The summed E-state index contributed by atoms with van der Waals surface area (Å²) in [5.41, 5.74) is 12.3. The zero-order chi connectivity index (χ0) is 15.8. The first-order valence-electron chi connectivity index (χ1n) is 7.33. The molecule has 0 bridgehead atoms. The molecule has 21 heavy (non-hydrogen) atoms. The number of aryl methyl sites for hydroxylation is 3. The summed E-state index contributed by atoms with van der Waals surface area (Å²) in [6.45, 7) is 10.5. The largest absolute Gasteiger partial charge is 0.323 e. The summed E-state index contributed by atoms with van der Waals surface area (Å²) >= 11 is 0. The first-order valence-corrected chi connectivity index (χ1v) is 7.33. The molecule has 0 aliphatic carbocycles. The Bertz CT molecular complexity index is 641. The Labute approximate surface area is 127 Å². The maximum atomic E-state index is 13.1. The molecule has 0 saturated carbocycles. The maximum absolute atomic E-state index is 13.1. The van der Waals surface area contributed by atoms with Gasteiger partial charge in [-0.05, 0) is 60.7 Å². The van der Waals surface area contributed by atoms with Crippen LogP contribution < -0.4 is 5.73 Å². The Kier molecular flexibility index (Phi) is 4.20. The van der Waals surface area contributed by atoms with E-state index < -0.39 is 0 Å². The molecule has 0 aromatic heterocycles. The maximum Gasteiger partial charge on any atom is 0.123 e. The van der Waals surface area contributed by atoms with E-state index in [1.54, 1.807) is 0 Å². The van der Waals surface area contributed by atoms with Crippen molar-refractivity contribution in [1.29, 1.82) is 0 Å². The summed E-state index contributed by atoms with van der Waals surface area (Å²) < 4.78 is 13.1. The number of hydrogen-bond donors (Lipinski definition) is 1. The fraction of sp³-hybridized carbons (Fsp3) is 0.368. The predicted molar refractivity (Wildman–Crippen MR) is 87.0 cm³/mol. The van der Waals surface area contributed by atoms with Gasteiger partial charge in [0.15, 0.2) is 0 Å². The van der Waals surface area contributed by atoms with Crippen molar-refractivity contribution in [3.05, 3.63) is 70.0 Å². The molecule has 0 fully saturated rings. The third-order valence-corrected chi connectivity index (χ3v) is 4.58. The summed E-state index contributed by atoms with van der Waals surface area (Å²) in [4.78, 5) is 0. The standard InChI is InChI=1S/C19H24FN/c1-12-10-14(3)17(11-13(12)2)18(21)19(4,5)15-6-8-16(20)9-7-15/h6-11,18H,21H2,1-5H3. The lowest BCUT2D eigenvalue weighted by atomic mass is 9.74. The average molecular weight is 285 g/mol. The first-order chi connectivity index (χ1) is 9.73. The molecule has 2 aromatic carbocycles. The SMILES string of the molecule is Cc1cc(C)c(C(N)C(C)(C)c2ccc(F)cc2)cc1C. The minimum absolute atomic E-state index is 0.137. The second kappa shape index (κ2) is 5.61. The van der Waals surface area contributed by atoms with Crippen LogP contribution in [-0.2, 0) is 5.41 Å². The molecule has 0 heterocycles. The zero-order valence-corrected chi connectivity index (χ0v) is 13.5. The van der Waals surface area contributed by atoms with E-state index in [9.17, 15) is 4.39 Å². The molecule has 2 heteroatoms. The summed E-state index contributed by atoms with van der Waals surface area (Å²) in [5, 5.41) is 0. The Morgan fingerprint density at radius 2 is 1.43 bits per heavy atom. The molecular formula is C19H24FN. The molecule has 2 aromatic rings. The van der Waals surface area contributed by atoms with Crippen LogP contribution in [0.1, 0.15) is 47.7 Å². The van der Waals surface area contributed by atoms with Gasteiger partial charge in [0.2, 0.25) is 0 Å². The highest BCUT2D eigenvalue weighted by Crippen LogP contribution is 2.37. The van der Waals surface area contributed by atoms with Gasteiger partial charge in [0.05, 0.1) is 0 Å². The first kappa shape index (κ1) is 15.7. The predicted octanol–water partition coefficient (Wildman–Crippen LogP) is 4.73. The lowest BCUT2D eigenvalue weighted by Gasteiger charge is -2.34. The van der Waals surface area contributed by atoms with Gasteiger partial charge in [-0.25, -0.2) is 4.39 Å². The average Bonchev–Trinajstić information content (AvgIpc) is 2.42. The number of halogens is 1. The van der Waals surface area contributed by atoms with Gasteiger partial charge in [-0.2, -0.15) is 0 Å². The number of nitrogens with two attached hydrogens (primary N) is 1. The van der Waals surface area contributed by atoms with Crippen LogP contribution in [0.3, 0.4) is 0 Å². The van der Waals surface area contributed by atoms with Crippen LogP contribution in [0.4, 0.5) is 4.39 Å². The van der Waals surface area contributed by atoms with E-state index >= 15 is 0 Å². The van der Waals surface area contributed by atoms with Gasteiger partial charge < -0.3 is 5.73 Å². The topological polar surface area (TPSA) is 26.0 Å². The lowest BCUT2D eigenvalue weighted by molar-refractivity contribution is 0.418. The second-order valence-corrected chi connectivity index (χ2v) is 6.50. The fourth-order valence-electron chi connectivity index (χ4n) is 2.77. The highest BCUT2D eigenvalue weighted by atomic mass is 19.1. The molecule has 1 atom stereocenters. The summed E-state index contributed by atoms with van der Waals surface area (Å²) in [5.74, 6) is -0.217. The molecule has 0 amide bonds. The van der Waals surface area contributed by atoms with Crippen LogP contribution in [0.15, 0.2) is 36.4 Å². The quantitative estimate of drug-likeness (QED) is 0.867. The van der Waals surface area contributed by atoms with Crippen molar-refractivity contribution in [2.24, 2.45) is 5.73 Å². The van der Waals surface area contributed by atoms with Crippen molar-refractivity contribution in [3.63, 3.8) is 0 Å². The molecule has 112 valence electrons. The van der Waals surface area contributed by atoms with Crippen molar-refractivity contribution in [3.8, 4) is 0 Å². The highest BCUT2D eigenvalue weighted by molar-refractivity contribution is 5.41. The minimum Gasteiger partial charge on any atom is -0.323 e. The Morgan fingerprint density at radius 1 is 0.905 bits per heavy atom. The Balaban J connectivity index is 2.44. The smallest absolute Gasteiger partial charge is 0.123 e. The van der Waals surface area contributed by atoms with Gasteiger partial charge >= 0.3 is 0 Å². The van der Waals surface area contributed by atoms with Crippen molar-refractivity contribution in [1.82, 2.24) is 0 Å². The fourth-order valence-corrected chi connectivity index (χ4v) is 2.77. The number of rotatable bonds is 3. The summed E-state index contributed by atoms with van der Waals surface area (Å²) in [7, 11) is 0. The van der Waals surface area contributed by atoms with Gasteiger partial charge in [0.1, 0.15) is 5.82 Å². The monoisotopic (exact) mass is 285 g/mol. The van der Waals surface area contributed by atoms with E-state index in [1.807, 2.05) is 12.1 Å². The minimum atomic E-state index is -0.264. The van der Waals surface area contributed by atoms with Gasteiger partial charge in [-0.1, -0.05) is 38.1 Å². The summed E-state index contributed by atoms with van der Waals surface area (Å²) in [6.07, 6.45) is 0. The third-order valence-electron chi connectivity index (χ3n) is 4.58. The summed E-state index contributed by atoms with van der Waals surface area (Å²) in [6, 6.07) is 10.9. The molecule has 0 aliphatic rings. The van der Waals surface area contributed by atoms with Crippen LogP contribution in [0.25, 0.3) is 0 Å². The molecule has 0 aliphatic heterocycles. The van der Waals surface area contributed by atoms with E-state index in [-0.39, 0.29) is 17.3 Å². The number of hydrogen-bond acceptors (Lipinski definition) is 1. The molecule has 2 rings (SSSR count). The van der Waals surface area contributed by atoms with Crippen molar-refractivity contribution >= 4 is 0 Å². The molecule has 1 unspecified atom stereocenters. The zero-order valence-electron chi connectivity index (χ0n) is 13.5. The molecule has 0 radical (unpaired) electrons. The normalized spacial score (nSPS) is 13.3. The molecule has 0 spiro atoms. The van der Waals surface area contributed by atoms with Crippen LogP contribution >= 0.6 is 0 Å². The van der Waals surface area contributed by atoms with Crippen LogP contribution in [0.5, 0.6) is 0 Å². The van der Waals surface area contributed by atoms with Crippen molar-refractivity contribution in [2.75, 3.05) is 0 Å². The van der Waals surface area contributed by atoms with Crippen LogP contribution in [-0.4, -0.2) is 0 Å². The van der Waals surface area contributed by atoms with E-state index in [4.69, 9.17) is 5.73 Å². The number of benzene rings is 2. The van der Waals surface area contributed by atoms with E-state index in [2.05, 4.69) is 46.8 Å². The van der Waals surface area contributed by atoms with Gasteiger partial charge in [0, 0.05) is 11.5 Å². The van der Waals surface area contributed by atoms with Gasteiger partial charge in [-0.3, -0.25) is 0 Å². The molecule has 2 N–H and O–H groups in total. The van der Waals surface area contributed by atoms with Crippen molar-refractivity contribution < 1.29 is 4.39 Å². The van der Waals surface area contributed by atoms with Gasteiger partial charge in [0.25, 0.3) is 0 Å². The van der Waals surface area contributed by atoms with E-state index in [0.717, 1.165) is 11.1 Å². The molecule has 0 saturated heterocycles. The Morgan fingerprint density at radius 3 is 2.00 bits per heavy atom. The van der Waals surface area contributed by atoms with Gasteiger partial charge in [-0.15, -0.1) is 0 Å². The van der Waals surface area contributed by atoms with Crippen molar-refractivity contribution in [2.45, 2.75) is 46.1 Å². The Hall–Kier alpha value is -1.67. The highest BCUT2D eigenvalue weighted by Gasteiger charge is 2.30. The van der Waals surface area contributed by atoms with Crippen LogP contribution in [0, 0.1) is 26.6 Å². The van der Waals surface area contributed by atoms with E-state index in [0.29, 0.717) is 0 Å². The van der Waals surface area contributed by atoms with E-state index in [1.165, 1.54) is 28.8 Å².